The van der Waals surface area contributed by atoms with Crippen LogP contribution in [0.25, 0.3) is 11.0 Å². The van der Waals surface area contributed by atoms with E-state index in [-0.39, 0.29) is 12.0 Å². The van der Waals surface area contributed by atoms with E-state index in [1.807, 2.05) is 39.1 Å². The fourth-order valence-corrected chi connectivity index (χ4v) is 4.30. The number of imidazole rings is 1. The van der Waals surface area contributed by atoms with E-state index in [9.17, 15) is 4.79 Å². The Bertz CT molecular complexity index is 1110. The number of hydrogen-bond donors (Lipinski definition) is 1. The van der Waals surface area contributed by atoms with E-state index >= 15 is 0 Å². The van der Waals surface area contributed by atoms with E-state index < -0.39 is 0 Å². The molecule has 0 unspecified atom stereocenters. The number of aromatic nitrogens is 3. The van der Waals surface area contributed by atoms with Crippen LogP contribution in [0.4, 0.5) is 5.82 Å². The smallest absolute Gasteiger partial charge is 0.253 e. The predicted molar refractivity (Wildman–Crippen MR) is 111 cm³/mol. The van der Waals surface area contributed by atoms with E-state index in [1.165, 1.54) is 0 Å². The van der Waals surface area contributed by atoms with E-state index in [2.05, 4.69) is 25.8 Å². The molecule has 29 heavy (non-hydrogen) atoms. The molecule has 0 aliphatic carbocycles. The molecule has 0 radical (unpaired) electrons. The van der Waals surface area contributed by atoms with Crippen LogP contribution >= 0.6 is 0 Å². The zero-order valence-corrected chi connectivity index (χ0v) is 17.0. The van der Waals surface area contributed by atoms with Gasteiger partial charge in [0.25, 0.3) is 5.91 Å². The number of nitrogens with zero attached hydrogens (tertiary/aromatic N) is 4. The molecule has 3 aromatic rings. The van der Waals surface area contributed by atoms with E-state index in [0.717, 1.165) is 65.6 Å². The first-order chi connectivity index (χ1) is 14.0. The number of carbonyl (C=O) groups excluding carboxylic acids is 1. The van der Waals surface area contributed by atoms with Crippen molar-refractivity contribution in [2.45, 2.75) is 39.3 Å². The molecule has 0 bridgehead atoms. The summed E-state index contributed by atoms with van der Waals surface area (Å²) in [6, 6.07) is 8.11. The fourth-order valence-electron chi connectivity index (χ4n) is 4.30. The molecular formula is C22H25N5O2. The molecule has 1 aromatic carbocycles. The summed E-state index contributed by atoms with van der Waals surface area (Å²) >= 11 is 0. The van der Waals surface area contributed by atoms with Crippen LogP contribution in [0.3, 0.4) is 0 Å². The second-order valence-electron chi connectivity index (χ2n) is 7.98. The molecule has 1 fully saturated rings. The number of ether oxygens (including phenoxy) is 1. The van der Waals surface area contributed by atoms with Crippen LogP contribution in [0.2, 0.25) is 0 Å². The van der Waals surface area contributed by atoms with Gasteiger partial charge in [0.1, 0.15) is 23.5 Å². The van der Waals surface area contributed by atoms with Crippen molar-refractivity contribution in [3.63, 3.8) is 0 Å². The van der Waals surface area contributed by atoms with Gasteiger partial charge in [-0.25, -0.2) is 9.97 Å². The summed E-state index contributed by atoms with van der Waals surface area (Å²) in [7, 11) is 2.03. The van der Waals surface area contributed by atoms with Gasteiger partial charge in [-0.05, 0) is 37.6 Å². The third kappa shape index (κ3) is 3.10. The lowest BCUT2D eigenvalue weighted by Gasteiger charge is -2.34. The Morgan fingerprint density at radius 1 is 1.14 bits per heavy atom. The van der Waals surface area contributed by atoms with Crippen LogP contribution < -0.4 is 15.0 Å². The SMILES string of the molecule is Cc1cc2c(nc1N1CCC(Oc3ccc4c(c3)nc(C)n4C)CC1)CNC2=O. The molecule has 4 heterocycles. The van der Waals surface area contributed by atoms with Gasteiger partial charge in [0.15, 0.2) is 0 Å². The van der Waals surface area contributed by atoms with Gasteiger partial charge in [0.2, 0.25) is 0 Å². The fraction of sp³-hybridized carbons (Fsp3) is 0.409. The molecule has 0 spiro atoms. The number of carbonyl (C=O) groups is 1. The summed E-state index contributed by atoms with van der Waals surface area (Å²) in [6.45, 7) is 6.35. The Kier molecular flexibility index (Phi) is 4.19. The largest absolute Gasteiger partial charge is 0.490 e. The zero-order valence-electron chi connectivity index (χ0n) is 17.0. The van der Waals surface area contributed by atoms with E-state index in [0.29, 0.717) is 12.1 Å². The third-order valence-electron chi connectivity index (χ3n) is 6.05. The summed E-state index contributed by atoms with van der Waals surface area (Å²) in [5.74, 6) is 2.85. The summed E-state index contributed by atoms with van der Waals surface area (Å²) in [5.41, 5.74) is 4.71. The molecule has 1 saturated heterocycles. The maximum Gasteiger partial charge on any atom is 0.253 e. The Morgan fingerprint density at radius 2 is 1.93 bits per heavy atom. The van der Waals surface area contributed by atoms with E-state index in [1.54, 1.807) is 0 Å². The second kappa shape index (κ2) is 6.76. The molecule has 150 valence electrons. The van der Waals surface area contributed by atoms with Gasteiger partial charge in [-0.1, -0.05) is 0 Å². The number of pyridine rings is 1. The third-order valence-corrected chi connectivity index (χ3v) is 6.05. The van der Waals surface area contributed by atoms with Crippen molar-refractivity contribution in [3.8, 4) is 5.75 Å². The molecule has 1 amide bonds. The van der Waals surface area contributed by atoms with Crippen LogP contribution in [-0.2, 0) is 13.6 Å². The van der Waals surface area contributed by atoms with Gasteiger partial charge in [0, 0.05) is 39.0 Å². The average molecular weight is 391 g/mol. The molecule has 7 heteroatoms. The minimum absolute atomic E-state index is 0.0191. The summed E-state index contributed by atoms with van der Waals surface area (Å²) < 4.78 is 8.35. The highest BCUT2D eigenvalue weighted by Crippen LogP contribution is 2.28. The van der Waals surface area contributed by atoms with Crippen molar-refractivity contribution in [2.75, 3.05) is 18.0 Å². The first-order valence-corrected chi connectivity index (χ1v) is 10.1. The maximum absolute atomic E-state index is 11.8. The van der Waals surface area contributed by atoms with Gasteiger partial charge in [-0.3, -0.25) is 4.79 Å². The van der Waals surface area contributed by atoms with Crippen molar-refractivity contribution in [2.24, 2.45) is 7.05 Å². The van der Waals surface area contributed by atoms with Crippen molar-refractivity contribution in [1.82, 2.24) is 19.9 Å². The lowest BCUT2D eigenvalue weighted by atomic mass is 10.1. The number of benzene rings is 1. The Labute approximate surface area is 169 Å². The topological polar surface area (TPSA) is 72.3 Å². The highest BCUT2D eigenvalue weighted by molar-refractivity contribution is 5.98. The molecule has 5 rings (SSSR count). The number of anilines is 1. The zero-order chi connectivity index (χ0) is 20.1. The Hall–Kier alpha value is -3.09. The van der Waals surface area contributed by atoms with Gasteiger partial charge >= 0.3 is 0 Å². The Balaban J connectivity index is 1.27. The number of piperidine rings is 1. The Morgan fingerprint density at radius 3 is 2.72 bits per heavy atom. The normalized spacial score (nSPS) is 16.9. The molecule has 2 aliphatic heterocycles. The van der Waals surface area contributed by atoms with Crippen molar-refractivity contribution < 1.29 is 9.53 Å². The van der Waals surface area contributed by atoms with E-state index in [4.69, 9.17) is 9.72 Å². The number of nitrogens with one attached hydrogen (secondary N) is 1. The highest BCUT2D eigenvalue weighted by atomic mass is 16.5. The molecular weight excluding hydrogens is 366 g/mol. The van der Waals surface area contributed by atoms with Crippen molar-refractivity contribution in [1.29, 1.82) is 0 Å². The lowest BCUT2D eigenvalue weighted by molar-refractivity contribution is 0.0965. The quantitative estimate of drug-likeness (QED) is 0.743. The molecule has 0 saturated carbocycles. The van der Waals surface area contributed by atoms with Gasteiger partial charge in [-0.15, -0.1) is 0 Å². The monoisotopic (exact) mass is 391 g/mol. The number of aryl methyl sites for hydroxylation is 3. The molecule has 0 atom stereocenters. The van der Waals surface area contributed by atoms with Gasteiger partial charge in [-0.2, -0.15) is 0 Å². The maximum atomic E-state index is 11.8. The second-order valence-corrected chi connectivity index (χ2v) is 7.98. The minimum Gasteiger partial charge on any atom is -0.490 e. The van der Waals surface area contributed by atoms with Crippen LogP contribution in [0.15, 0.2) is 24.3 Å². The predicted octanol–water partition coefficient (Wildman–Crippen LogP) is 2.88. The number of amides is 1. The molecule has 1 N–H and O–H groups in total. The summed E-state index contributed by atoms with van der Waals surface area (Å²) in [5, 5.41) is 2.85. The first kappa shape index (κ1) is 18.0. The lowest BCUT2D eigenvalue weighted by Crippen LogP contribution is -2.39. The van der Waals surface area contributed by atoms with Crippen molar-refractivity contribution in [3.05, 3.63) is 46.9 Å². The summed E-state index contributed by atoms with van der Waals surface area (Å²) in [4.78, 5) is 23.5. The van der Waals surface area contributed by atoms with Gasteiger partial charge in [0.05, 0.1) is 28.8 Å². The van der Waals surface area contributed by atoms with Crippen LogP contribution in [0.1, 0.15) is 40.3 Å². The van der Waals surface area contributed by atoms with Crippen LogP contribution in [-0.4, -0.2) is 39.6 Å². The molecule has 2 aromatic heterocycles. The number of fused-ring (bicyclic) bond motifs is 2. The highest BCUT2D eigenvalue weighted by Gasteiger charge is 2.26. The van der Waals surface area contributed by atoms with Crippen LogP contribution in [0.5, 0.6) is 5.75 Å². The summed E-state index contributed by atoms with van der Waals surface area (Å²) in [6.07, 6.45) is 2.06. The molecule has 7 nitrogen and oxygen atoms in total. The van der Waals surface area contributed by atoms with Crippen LogP contribution in [0, 0.1) is 13.8 Å². The number of hydrogen-bond acceptors (Lipinski definition) is 5. The number of rotatable bonds is 3. The average Bonchev–Trinajstić information content (AvgIpc) is 3.21. The first-order valence-electron chi connectivity index (χ1n) is 10.1. The van der Waals surface area contributed by atoms with Crippen molar-refractivity contribution >= 4 is 22.8 Å². The standard InChI is InChI=1S/C22H25N5O2/c1-13-10-17-19(12-23-22(17)28)25-21(13)27-8-6-15(7-9-27)29-16-4-5-20-18(11-16)24-14(2)26(20)3/h4-5,10-11,15H,6-9,12H2,1-3H3,(H,23,28). The minimum atomic E-state index is -0.0191. The van der Waals surface area contributed by atoms with Gasteiger partial charge < -0.3 is 19.5 Å². The molecule has 2 aliphatic rings.